The first kappa shape index (κ1) is 19.1. The summed E-state index contributed by atoms with van der Waals surface area (Å²) in [5, 5.41) is 6.41. The van der Waals surface area contributed by atoms with Gasteiger partial charge in [-0.2, -0.15) is 0 Å². The molecule has 0 saturated heterocycles. The summed E-state index contributed by atoms with van der Waals surface area (Å²) in [4.78, 5) is 30.2. The van der Waals surface area contributed by atoms with E-state index in [0.29, 0.717) is 28.3 Å². The van der Waals surface area contributed by atoms with Crippen LogP contribution >= 0.6 is 0 Å². The van der Waals surface area contributed by atoms with Crippen LogP contribution < -0.4 is 10.6 Å². The number of pyridine rings is 1. The molecule has 5 saturated carbocycles. The molecule has 2 N–H and O–H groups in total. The van der Waals surface area contributed by atoms with Gasteiger partial charge in [0.15, 0.2) is 0 Å². The number of rotatable bonds is 6. The van der Waals surface area contributed by atoms with Crippen molar-refractivity contribution in [1.82, 2.24) is 20.0 Å². The number of nitrogens with one attached hydrogen (secondary N) is 2. The molecular weight excluding hydrogens is 400 g/mol. The predicted octanol–water partition coefficient (Wildman–Crippen LogP) is 3.49. The standard InChI is InChI=1S/C26H32N4O2/c31-23(29-18-4-1-2-5-18)9-19-13-30-21(6-3-7-22(30)28-19)24(32)27-15-25-10-16-8-20(16)26(14-25)12-17(26)11-25/h3,6-7,13,16-18,20H,1-2,4-5,8-12,14-15H2,(H,27,32)(H,29,31)/t16?,17?,20-,25?,26?/m0/s1. The van der Waals surface area contributed by atoms with E-state index in [1.807, 2.05) is 28.8 Å². The molecule has 168 valence electrons. The van der Waals surface area contributed by atoms with Crippen molar-refractivity contribution in [2.75, 3.05) is 6.54 Å². The summed E-state index contributed by atoms with van der Waals surface area (Å²) in [5.41, 5.74) is 3.05. The summed E-state index contributed by atoms with van der Waals surface area (Å²) in [7, 11) is 0. The van der Waals surface area contributed by atoms with Crippen molar-refractivity contribution < 1.29 is 9.59 Å². The molecule has 5 fully saturated rings. The topological polar surface area (TPSA) is 75.5 Å². The number of carbonyl (C=O) groups is 2. The van der Waals surface area contributed by atoms with Gasteiger partial charge in [0.2, 0.25) is 5.91 Å². The summed E-state index contributed by atoms with van der Waals surface area (Å²) in [6, 6.07) is 5.95. The Morgan fingerprint density at radius 2 is 2.03 bits per heavy atom. The fourth-order valence-electron chi connectivity index (χ4n) is 8.07. The first-order valence-corrected chi connectivity index (χ1v) is 12.6. The van der Waals surface area contributed by atoms with Crippen molar-refractivity contribution in [3.8, 4) is 0 Å². The summed E-state index contributed by atoms with van der Waals surface area (Å²) >= 11 is 0. The van der Waals surface area contributed by atoms with Crippen LogP contribution in [0.25, 0.3) is 5.65 Å². The maximum atomic E-state index is 13.2. The summed E-state index contributed by atoms with van der Waals surface area (Å²) in [5.74, 6) is 2.88. The summed E-state index contributed by atoms with van der Waals surface area (Å²) in [6.45, 7) is 0.801. The zero-order valence-electron chi connectivity index (χ0n) is 18.6. The lowest BCUT2D eigenvalue weighted by Crippen LogP contribution is -2.40. The molecule has 6 nitrogen and oxygen atoms in total. The highest BCUT2D eigenvalue weighted by Gasteiger charge is 2.76. The van der Waals surface area contributed by atoms with Crippen molar-refractivity contribution in [1.29, 1.82) is 0 Å². The van der Waals surface area contributed by atoms with Crippen molar-refractivity contribution >= 4 is 17.5 Å². The Kier molecular flexibility index (Phi) is 3.93. The zero-order chi connectivity index (χ0) is 21.5. The molecule has 32 heavy (non-hydrogen) atoms. The molecular formula is C26H32N4O2. The minimum atomic E-state index is -0.0307. The van der Waals surface area contributed by atoms with Gasteiger partial charge in [-0.25, -0.2) is 4.98 Å². The minimum absolute atomic E-state index is 0.0230. The number of aromatic nitrogens is 2. The largest absolute Gasteiger partial charge is 0.353 e. The lowest BCUT2D eigenvalue weighted by Gasteiger charge is -2.36. The lowest BCUT2D eigenvalue weighted by atomic mass is 9.71. The van der Waals surface area contributed by atoms with Crippen LogP contribution in [-0.4, -0.2) is 33.8 Å². The average Bonchev–Trinajstić information content (AvgIpc) is 3.47. The van der Waals surface area contributed by atoms with Crippen molar-refractivity contribution in [3.63, 3.8) is 0 Å². The zero-order valence-corrected chi connectivity index (χ0v) is 18.6. The van der Waals surface area contributed by atoms with Crippen LogP contribution in [0.5, 0.6) is 0 Å². The molecule has 5 aliphatic carbocycles. The van der Waals surface area contributed by atoms with E-state index >= 15 is 0 Å². The molecule has 7 rings (SSSR count). The van der Waals surface area contributed by atoms with Gasteiger partial charge in [-0.15, -0.1) is 0 Å². The molecule has 0 radical (unpaired) electrons. The molecule has 2 aromatic rings. The molecule has 0 aliphatic heterocycles. The first-order chi connectivity index (χ1) is 15.5. The number of imidazole rings is 1. The number of fused-ring (bicyclic) bond motifs is 3. The van der Waals surface area contributed by atoms with E-state index in [4.69, 9.17) is 0 Å². The van der Waals surface area contributed by atoms with Gasteiger partial charge < -0.3 is 10.6 Å². The summed E-state index contributed by atoms with van der Waals surface area (Å²) < 4.78 is 1.84. The van der Waals surface area contributed by atoms with Crippen LogP contribution in [0.1, 0.15) is 74.0 Å². The fraction of sp³-hybridized carbons (Fsp3) is 0.654. The van der Waals surface area contributed by atoms with E-state index in [1.54, 1.807) is 0 Å². The van der Waals surface area contributed by atoms with Gasteiger partial charge in [-0.1, -0.05) is 18.9 Å². The maximum Gasteiger partial charge on any atom is 0.268 e. The molecule has 1 spiro atoms. The SMILES string of the molecule is O=C(Cc1cn2c(C(=O)NCC34CC5C[C@@H]5C5(CC5C3)C4)cccc2n1)NC1CCCC1. The van der Waals surface area contributed by atoms with Crippen LogP contribution in [0, 0.1) is 28.6 Å². The highest BCUT2D eigenvalue weighted by atomic mass is 16.2. The van der Waals surface area contributed by atoms with Gasteiger partial charge in [0, 0.05) is 18.8 Å². The van der Waals surface area contributed by atoms with Gasteiger partial charge in [0.25, 0.3) is 5.91 Å². The van der Waals surface area contributed by atoms with Gasteiger partial charge >= 0.3 is 0 Å². The second-order valence-corrected chi connectivity index (χ2v) is 11.6. The van der Waals surface area contributed by atoms with Gasteiger partial charge in [0.05, 0.1) is 12.1 Å². The second-order valence-electron chi connectivity index (χ2n) is 11.6. The smallest absolute Gasteiger partial charge is 0.268 e. The minimum Gasteiger partial charge on any atom is -0.353 e. The van der Waals surface area contributed by atoms with Gasteiger partial charge in [0.1, 0.15) is 11.3 Å². The van der Waals surface area contributed by atoms with Crippen LogP contribution in [0.3, 0.4) is 0 Å². The Bertz CT molecular complexity index is 1110. The van der Waals surface area contributed by atoms with E-state index in [9.17, 15) is 9.59 Å². The fourth-order valence-corrected chi connectivity index (χ4v) is 8.07. The molecule has 2 bridgehead atoms. The van der Waals surface area contributed by atoms with Gasteiger partial charge in [-0.3, -0.25) is 14.0 Å². The van der Waals surface area contributed by atoms with Crippen LogP contribution in [0.15, 0.2) is 24.4 Å². The third-order valence-electron chi connectivity index (χ3n) is 9.48. The Balaban J connectivity index is 1.04. The number of nitrogens with zero attached hydrogens (tertiary/aromatic N) is 2. The normalized spacial score (nSPS) is 36.6. The molecule has 2 aromatic heterocycles. The molecule has 6 heteroatoms. The second kappa shape index (κ2) is 6.58. The van der Waals surface area contributed by atoms with E-state index in [-0.39, 0.29) is 18.2 Å². The number of amides is 2. The quantitative estimate of drug-likeness (QED) is 0.734. The highest BCUT2D eigenvalue weighted by Crippen LogP contribution is 2.83. The Morgan fingerprint density at radius 3 is 2.91 bits per heavy atom. The molecule has 4 unspecified atom stereocenters. The number of hydrogen-bond donors (Lipinski definition) is 2. The van der Waals surface area contributed by atoms with Crippen molar-refractivity contribution in [2.45, 2.75) is 70.3 Å². The Hall–Kier alpha value is -2.37. The predicted molar refractivity (Wildman–Crippen MR) is 120 cm³/mol. The summed E-state index contributed by atoms with van der Waals surface area (Å²) in [6.07, 6.45) is 13.5. The van der Waals surface area contributed by atoms with Crippen LogP contribution in [-0.2, 0) is 11.2 Å². The average molecular weight is 433 g/mol. The Morgan fingerprint density at radius 1 is 1.16 bits per heavy atom. The van der Waals surface area contributed by atoms with Gasteiger partial charge in [-0.05, 0) is 85.7 Å². The van der Waals surface area contributed by atoms with E-state index in [2.05, 4.69) is 15.6 Å². The third-order valence-corrected chi connectivity index (χ3v) is 9.48. The van der Waals surface area contributed by atoms with Crippen LogP contribution in [0.4, 0.5) is 0 Å². The molecule has 5 aliphatic rings. The maximum absolute atomic E-state index is 13.2. The lowest BCUT2D eigenvalue weighted by molar-refractivity contribution is -0.121. The number of hydrogen-bond acceptors (Lipinski definition) is 3. The molecule has 0 aromatic carbocycles. The van der Waals surface area contributed by atoms with Crippen molar-refractivity contribution in [3.05, 3.63) is 35.8 Å². The van der Waals surface area contributed by atoms with Crippen molar-refractivity contribution in [2.24, 2.45) is 28.6 Å². The molecule has 2 heterocycles. The monoisotopic (exact) mass is 432 g/mol. The number of carbonyl (C=O) groups excluding carboxylic acids is 2. The third kappa shape index (κ3) is 2.94. The van der Waals surface area contributed by atoms with E-state index in [0.717, 1.165) is 42.8 Å². The Labute approximate surface area is 188 Å². The van der Waals surface area contributed by atoms with E-state index in [1.165, 1.54) is 44.9 Å². The molecule has 2 amide bonds. The first-order valence-electron chi connectivity index (χ1n) is 12.6. The highest BCUT2D eigenvalue weighted by molar-refractivity contribution is 5.93. The molecule has 5 atom stereocenters. The van der Waals surface area contributed by atoms with Crippen LogP contribution in [0.2, 0.25) is 0 Å². The van der Waals surface area contributed by atoms with E-state index < -0.39 is 0 Å².